The molecule has 5 nitrogen and oxygen atoms in total. The van der Waals surface area contributed by atoms with Crippen molar-refractivity contribution in [2.24, 2.45) is 5.92 Å². The number of pyridine rings is 1. The van der Waals surface area contributed by atoms with E-state index in [1.54, 1.807) is 12.3 Å². The minimum absolute atomic E-state index is 0.275. The number of nitrogens with one attached hydrogen (secondary N) is 1. The Hall–Kier alpha value is -2.27. The SMILES string of the molecule is O=C(NCc1ccc2c(c1)CCCO2)c1c(Cl)ccnc1OCC1CC1. The number of hydrogen-bond acceptors (Lipinski definition) is 4. The molecule has 1 fully saturated rings. The molecule has 0 spiro atoms. The molecule has 1 aromatic carbocycles. The number of halogens is 1. The summed E-state index contributed by atoms with van der Waals surface area (Å²) in [6.07, 6.45) is 5.93. The number of aryl methyl sites for hydroxylation is 1. The van der Waals surface area contributed by atoms with Gasteiger partial charge in [0.05, 0.1) is 18.2 Å². The van der Waals surface area contributed by atoms with Crippen molar-refractivity contribution in [3.05, 3.63) is 52.2 Å². The van der Waals surface area contributed by atoms with E-state index in [2.05, 4.69) is 16.4 Å². The van der Waals surface area contributed by atoms with E-state index in [4.69, 9.17) is 21.1 Å². The Bertz CT molecular complexity index is 821. The van der Waals surface area contributed by atoms with Gasteiger partial charge in [-0.3, -0.25) is 4.79 Å². The number of amides is 1. The van der Waals surface area contributed by atoms with E-state index >= 15 is 0 Å². The lowest BCUT2D eigenvalue weighted by Crippen LogP contribution is -2.24. The van der Waals surface area contributed by atoms with Gasteiger partial charge >= 0.3 is 0 Å². The van der Waals surface area contributed by atoms with Gasteiger partial charge in [-0.15, -0.1) is 0 Å². The molecular weight excluding hydrogens is 352 g/mol. The fourth-order valence-corrected chi connectivity index (χ4v) is 3.23. The number of benzene rings is 1. The van der Waals surface area contributed by atoms with Crippen LogP contribution >= 0.6 is 11.6 Å². The van der Waals surface area contributed by atoms with Crippen LogP contribution in [0.1, 0.15) is 40.7 Å². The molecule has 6 heteroatoms. The van der Waals surface area contributed by atoms with Gasteiger partial charge in [-0.1, -0.05) is 23.7 Å². The Balaban J connectivity index is 1.44. The largest absolute Gasteiger partial charge is 0.493 e. The second-order valence-electron chi connectivity index (χ2n) is 6.80. The van der Waals surface area contributed by atoms with E-state index in [-0.39, 0.29) is 5.91 Å². The van der Waals surface area contributed by atoms with Crippen molar-refractivity contribution < 1.29 is 14.3 Å². The molecule has 2 heterocycles. The highest BCUT2D eigenvalue weighted by molar-refractivity contribution is 6.34. The predicted octanol–water partition coefficient (Wildman–Crippen LogP) is 3.78. The third kappa shape index (κ3) is 3.93. The molecule has 2 aliphatic rings. The molecule has 1 aliphatic heterocycles. The van der Waals surface area contributed by atoms with Crippen molar-refractivity contribution in [2.45, 2.75) is 32.2 Å². The summed E-state index contributed by atoms with van der Waals surface area (Å²) in [5, 5.41) is 3.27. The Kier molecular flexibility index (Phi) is 4.98. The van der Waals surface area contributed by atoms with Gasteiger partial charge in [0.15, 0.2) is 0 Å². The zero-order valence-electron chi connectivity index (χ0n) is 14.5. The van der Waals surface area contributed by atoms with Crippen molar-refractivity contribution in [2.75, 3.05) is 13.2 Å². The van der Waals surface area contributed by atoms with E-state index < -0.39 is 0 Å². The van der Waals surface area contributed by atoms with Gasteiger partial charge in [-0.05, 0) is 54.9 Å². The first-order valence-corrected chi connectivity index (χ1v) is 9.38. The lowest BCUT2D eigenvalue weighted by atomic mass is 10.0. The van der Waals surface area contributed by atoms with Gasteiger partial charge in [0.1, 0.15) is 11.3 Å². The Morgan fingerprint density at radius 1 is 1.35 bits per heavy atom. The summed E-state index contributed by atoms with van der Waals surface area (Å²) in [6, 6.07) is 7.64. The quantitative estimate of drug-likeness (QED) is 0.838. The Labute approximate surface area is 157 Å². The normalized spacial score (nSPS) is 15.7. The lowest BCUT2D eigenvalue weighted by molar-refractivity contribution is 0.0945. The molecular formula is C20H21ClN2O3. The number of hydrogen-bond donors (Lipinski definition) is 1. The van der Waals surface area contributed by atoms with Crippen molar-refractivity contribution in [1.29, 1.82) is 0 Å². The molecule has 26 heavy (non-hydrogen) atoms. The standard InChI is InChI=1S/C20H21ClN2O3/c21-16-7-8-22-20(26-12-13-3-4-13)18(16)19(24)23-11-14-5-6-17-15(10-14)2-1-9-25-17/h5-8,10,13H,1-4,9,11-12H2,(H,23,24). The Morgan fingerprint density at radius 2 is 2.23 bits per heavy atom. The number of ether oxygens (including phenoxy) is 2. The maximum Gasteiger partial charge on any atom is 0.258 e. The number of carbonyl (C=O) groups excluding carboxylic acids is 1. The maximum absolute atomic E-state index is 12.7. The number of rotatable bonds is 6. The number of fused-ring (bicyclic) bond motifs is 1. The average Bonchev–Trinajstić information content (AvgIpc) is 3.49. The van der Waals surface area contributed by atoms with Crippen LogP contribution in [0.2, 0.25) is 5.02 Å². The summed E-state index contributed by atoms with van der Waals surface area (Å²) < 4.78 is 11.3. The predicted molar refractivity (Wildman–Crippen MR) is 98.9 cm³/mol. The maximum atomic E-state index is 12.7. The van der Waals surface area contributed by atoms with Gasteiger partial charge in [-0.2, -0.15) is 0 Å². The molecule has 0 radical (unpaired) electrons. The van der Waals surface area contributed by atoms with Gasteiger partial charge in [-0.25, -0.2) is 4.98 Å². The number of carbonyl (C=O) groups is 1. The molecule has 1 saturated carbocycles. The second kappa shape index (κ2) is 7.54. The highest BCUT2D eigenvalue weighted by Gasteiger charge is 2.24. The average molecular weight is 373 g/mol. The van der Waals surface area contributed by atoms with Crippen LogP contribution < -0.4 is 14.8 Å². The van der Waals surface area contributed by atoms with Gasteiger partial charge < -0.3 is 14.8 Å². The smallest absolute Gasteiger partial charge is 0.258 e. The van der Waals surface area contributed by atoms with Crippen LogP contribution in [0.3, 0.4) is 0 Å². The molecule has 1 aromatic heterocycles. The summed E-state index contributed by atoms with van der Waals surface area (Å²) in [4.78, 5) is 16.9. The van der Waals surface area contributed by atoms with Crippen LogP contribution in [0.5, 0.6) is 11.6 Å². The fourth-order valence-electron chi connectivity index (χ4n) is 3.01. The minimum atomic E-state index is -0.275. The van der Waals surface area contributed by atoms with E-state index in [1.807, 2.05) is 12.1 Å². The summed E-state index contributed by atoms with van der Waals surface area (Å²) in [5.74, 6) is 1.55. The summed E-state index contributed by atoms with van der Waals surface area (Å²) in [7, 11) is 0. The zero-order chi connectivity index (χ0) is 17.9. The first-order valence-electron chi connectivity index (χ1n) is 9.01. The van der Waals surface area contributed by atoms with E-state index in [1.165, 1.54) is 18.4 Å². The first kappa shape index (κ1) is 17.2. The number of aromatic nitrogens is 1. The van der Waals surface area contributed by atoms with Gasteiger partial charge in [0.25, 0.3) is 5.91 Å². The Morgan fingerprint density at radius 3 is 3.08 bits per heavy atom. The van der Waals surface area contributed by atoms with Gasteiger partial charge in [0.2, 0.25) is 5.88 Å². The summed E-state index contributed by atoms with van der Waals surface area (Å²) in [5.41, 5.74) is 2.52. The molecule has 0 atom stereocenters. The van der Waals surface area contributed by atoms with E-state index in [9.17, 15) is 4.79 Å². The molecule has 1 aliphatic carbocycles. The van der Waals surface area contributed by atoms with Crippen molar-refractivity contribution in [3.63, 3.8) is 0 Å². The molecule has 0 saturated heterocycles. The van der Waals surface area contributed by atoms with E-state index in [0.717, 1.165) is 30.8 Å². The van der Waals surface area contributed by atoms with Crippen LogP contribution in [0.15, 0.2) is 30.5 Å². The lowest BCUT2D eigenvalue weighted by Gasteiger charge is -2.18. The first-order chi connectivity index (χ1) is 12.7. The summed E-state index contributed by atoms with van der Waals surface area (Å²) in [6.45, 7) is 1.77. The zero-order valence-corrected chi connectivity index (χ0v) is 15.2. The van der Waals surface area contributed by atoms with Crippen LogP contribution in [-0.4, -0.2) is 24.1 Å². The number of nitrogens with zero attached hydrogens (tertiary/aromatic N) is 1. The van der Waals surface area contributed by atoms with Crippen molar-refractivity contribution >= 4 is 17.5 Å². The third-order valence-corrected chi connectivity index (χ3v) is 4.99. The van der Waals surface area contributed by atoms with Crippen LogP contribution in [0.25, 0.3) is 0 Å². The van der Waals surface area contributed by atoms with E-state index in [0.29, 0.717) is 35.5 Å². The van der Waals surface area contributed by atoms with Gasteiger partial charge in [0, 0.05) is 12.7 Å². The van der Waals surface area contributed by atoms with Crippen molar-refractivity contribution in [1.82, 2.24) is 10.3 Å². The molecule has 4 rings (SSSR count). The molecule has 2 aromatic rings. The van der Waals surface area contributed by atoms with Crippen LogP contribution in [-0.2, 0) is 13.0 Å². The minimum Gasteiger partial charge on any atom is -0.493 e. The highest BCUT2D eigenvalue weighted by Crippen LogP contribution is 2.31. The fraction of sp³-hybridized carbons (Fsp3) is 0.400. The molecule has 1 amide bonds. The monoisotopic (exact) mass is 372 g/mol. The molecule has 0 unspecified atom stereocenters. The molecule has 136 valence electrons. The topological polar surface area (TPSA) is 60.5 Å². The van der Waals surface area contributed by atoms with Crippen molar-refractivity contribution in [3.8, 4) is 11.6 Å². The molecule has 1 N–H and O–H groups in total. The summed E-state index contributed by atoms with van der Waals surface area (Å²) >= 11 is 6.23. The van der Waals surface area contributed by atoms with Crippen LogP contribution in [0, 0.1) is 5.92 Å². The third-order valence-electron chi connectivity index (χ3n) is 4.67. The van der Waals surface area contributed by atoms with Crippen LogP contribution in [0.4, 0.5) is 0 Å². The highest BCUT2D eigenvalue weighted by atomic mass is 35.5. The molecule has 0 bridgehead atoms. The second-order valence-corrected chi connectivity index (χ2v) is 7.21.